The molecule has 0 aromatic heterocycles. The molecule has 0 unspecified atom stereocenters. The van der Waals surface area contributed by atoms with Gasteiger partial charge in [-0.1, -0.05) is 0 Å². The summed E-state index contributed by atoms with van der Waals surface area (Å²) in [5, 5.41) is 0. The third-order valence-corrected chi connectivity index (χ3v) is 4.82. The molecular formula is C13H19F3NO3P. The first-order chi connectivity index (χ1) is 9.72. The quantitative estimate of drug-likeness (QED) is 0.606. The summed E-state index contributed by atoms with van der Waals surface area (Å²) in [6.45, 7) is 3.63. The highest BCUT2D eigenvalue weighted by Gasteiger charge is 2.34. The molecular weight excluding hydrogens is 306 g/mol. The highest BCUT2D eigenvalue weighted by atomic mass is 31.2. The lowest BCUT2D eigenvalue weighted by molar-refractivity contribution is -0.138. The van der Waals surface area contributed by atoms with Crippen molar-refractivity contribution in [3.63, 3.8) is 0 Å². The van der Waals surface area contributed by atoms with Crippen molar-refractivity contribution in [2.24, 2.45) is 0 Å². The molecule has 0 aliphatic carbocycles. The van der Waals surface area contributed by atoms with E-state index in [0.29, 0.717) is 0 Å². The molecule has 1 aromatic rings. The number of benzene rings is 1. The molecule has 0 spiro atoms. The van der Waals surface area contributed by atoms with Crippen LogP contribution >= 0.6 is 7.60 Å². The standard InChI is InChI=1S/C13H19F3NO3P/c1-3-19-21(18,20-4-2)8-7-10-9-11(17)5-6-12(10)13(14,15)16/h5-6,9H,3-4,7-8,17H2,1-2H3. The van der Waals surface area contributed by atoms with E-state index >= 15 is 0 Å². The Hall–Kier alpha value is -1.04. The van der Waals surface area contributed by atoms with E-state index in [2.05, 4.69) is 0 Å². The number of halogens is 3. The minimum atomic E-state index is -4.48. The number of aryl methyl sites for hydroxylation is 1. The summed E-state index contributed by atoms with van der Waals surface area (Å²) in [5.74, 6) is 0. The minimum absolute atomic E-state index is 0.0119. The molecule has 8 heteroatoms. The van der Waals surface area contributed by atoms with Crippen molar-refractivity contribution in [1.82, 2.24) is 0 Å². The van der Waals surface area contributed by atoms with Crippen LogP contribution in [0.4, 0.5) is 18.9 Å². The maximum atomic E-state index is 12.9. The van der Waals surface area contributed by atoms with Crippen molar-refractivity contribution in [1.29, 1.82) is 0 Å². The van der Waals surface area contributed by atoms with Gasteiger partial charge in [0.05, 0.1) is 24.9 Å². The maximum absolute atomic E-state index is 12.9. The van der Waals surface area contributed by atoms with Gasteiger partial charge in [0, 0.05) is 5.69 Å². The molecule has 0 fully saturated rings. The fourth-order valence-corrected chi connectivity index (χ4v) is 3.55. The Bertz CT molecular complexity index is 510. The summed E-state index contributed by atoms with van der Waals surface area (Å²) in [4.78, 5) is 0. The fourth-order valence-electron chi connectivity index (χ4n) is 1.91. The van der Waals surface area contributed by atoms with Crippen LogP contribution < -0.4 is 5.73 Å². The molecule has 120 valence electrons. The van der Waals surface area contributed by atoms with Crippen molar-refractivity contribution in [3.8, 4) is 0 Å². The third kappa shape index (κ3) is 5.34. The highest BCUT2D eigenvalue weighted by molar-refractivity contribution is 7.53. The van der Waals surface area contributed by atoms with E-state index in [4.69, 9.17) is 14.8 Å². The molecule has 0 aliphatic rings. The van der Waals surface area contributed by atoms with Gasteiger partial charge in [-0.3, -0.25) is 4.57 Å². The predicted octanol–water partition coefficient (Wildman–Crippen LogP) is 4.10. The number of anilines is 1. The molecule has 0 saturated carbocycles. The Morgan fingerprint density at radius 1 is 1.19 bits per heavy atom. The predicted molar refractivity (Wildman–Crippen MR) is 75.3 cm³/mol. The van der Waals surface area contributed by atoms with Crippen molar-refractivity contribution in [3.05, 3.63) is 29.3 Å². The van der Waals surface area contributed by atoms with Gasteiger partial charge < -0.3 is 14.8 Å². The Kier molecular flexibility index (Phi) is 6.25. The highest BCUT2D eigenvalue weighted by Crippen LogP contribution is 2.48. The van der Waals surface area contributed by atoms with E-state index < -0.39 is 19.3 Å². The summed E-state index contributed by atoms with van der Waals surface area (Å²) in [7, 11) is -3.38. The van der Waals surface area contributed by atoms with Gasteiger partial charge in [-0.2, -0.15) is 13.2 Å². The van der Waals surface area contributed by atoms with Crippen molar-refractivity contribution in [2.75, 3.05) is 25.1 Å². The number of hydrogen-bond donors (Lipinski definition) is 1. The normalized spacial score (nSPS) is 12.6. The molecule has 0 saturated heterocycles. The van der Waals surface area contributed by atoms with Crippen molar-refractivity contribution >= 4 is 13.3 Å². The summed E-state index contributed by atoms with van der Waals surface area (Å²) < 4.78 is 61.2. The van der Waals surface area contributed by atoms with Gasteiger partial charge in [0.2, 0.25) is 0 Å². The molecule has 1 rings (SSSR count). The van der Waals surface area contributed by atoms with E-state index in [1.807, 2.05) is 0 Å². The molecule has 0 heterocycles. The molecule has 0 radical (unpaired) electrons. The lowest BCUT2D eigenvalue weighted by Crippen LogP contribution is -2.11. The second kappa shape index (κ2) is 7.29. The van der Waals surface area contributed by atoms with Crippen LogP contribution in [0.5, 0.6) is 0 Å². The third-order valence-electron chi connectivity index (χ3n) is 2.74. The van der Waals surface area contributed by atoms with Crippen LogP contribution in [0.25, 0.3) is 0 Å². The molecule has 0 bridgehead atoms. The first-order valence-electron chi connectivity index (χ1n) is 6.55. The summed E-state index contributed by atoms with van der Waals surface area (Å²) >= 11 is 0. The Morgan fingerprint density at radius 3 is 2.24 bits per heavy atom. The Morgan fingerprint density at radius 2 is 1.76 bits per heavy atom. The average Bonchev–Trinajstić information content (AvgIpc) is 2.35. The Balaban J connectivity index is 2.97. The van der Waals surface area contributed by atoms with E-state index in [9.17, 15) is 17.7 Å². The van der Waals surface area contributed by atoms with Gasteiger partial charge in [-0.05, 0) is 44.0 Å². The van der Waals surface area contributed by atoms with Gasteiger partial charge in [0.25, 0.3) is 0 Å². The largest absolute Gasteiger partial charge is 0.416 e. The van der Waals surface area contributed by atoms with Gasteiger partial charge in [-0.15, -0.1) is 0 Å². The smallest absolute Gasteiger partial charge is 0.399 e. The lowest BCUT2D eigenvalue weighted by Gasteiger charge is -2.18. The number of alkyl halides is 3. The SMILES string of the molecule is CCOP(=O)(CCc1cc(N)ccc1C(F)(F)F)OCC. The topological polar surface area (TPSA) is 61.5 Å². The summed E-state index contributed by atoms with van der Waals surface area (Å²) in [6, 6.07) is 3.36. The van der Waals surface area contributed by atoms with Crippen LogP contribution in [0.15, 0.2) is 18.2 Å². The summed E-state index contributed by atoms with van der Waals surface area (Å²) in [6.07, 6.45) is -4.69. The van der Waals surface area contributed by atoms with Crippen molar-refractivity contribution < 1.29 is 26.8 Å². The summed E-state index contributed by atoms with van der Waals surface area (Å²) in [5.41, 5.74) is 4.96. The zero-order chi connectivity index (χ0) is 16.1. The molecule has 0 amide bonds. The van der Waals surface area contributed by atoms with Crippen LogP contribution in [0, 0.1) is 0 Å². The van der Waals surface area contributed by atoms with Crippen LogP contribution in [-0.2, 0) is 26.2 Å². The first kappa shape index (κ1) is 18.0. The monoisotopic (exact) mass is 325 g/mol. The molecule has 2 N–H and O–H groups in total. The first-order valence-corrected chi connectivity index (χ1v) is 8.28. The zero-order valence-electron chi connectivity index (χ0n) is 11.9. The molecule has 4 nitrogen and oxygen atoms in total. The lowest BCUT2D eigenvalue weighted by atomic mass is 10.0. The van der Waals surface area contributed by atoms with Crippen LogP contribution in [0.1, 0.15) is 25.0 Å². The molecule has 0 atom stereocenters. The Labute approximate surface area is 122 Å². The van der Waals surface area contributed by atoms with Gasteiger partial charge in [0.15, 0.2) is 0 Å². The van der Waals surface area contributed by atoms with Crippen LogP contribution in [0.3, 0.4) is 0 Å². The second-order valence-corrected chi connectivity index (χ2v) is 6.52. The second-order valence-electron chi connectivity index (χ2n) is 4.33. The van der Waals surface area contributed by atoms with Gasteiger partial charge >= 0.3 is 13.8 Å². The van der Waals surface area contributed by atoms with E-state index in [0.717, 1.165) is 6.07 Å². The molecule has 21 heavy (non-hydrogen) atoms. The van der Waals surface area contributed by atoms with E-state index in [1.165, 1.54) is 12.1 Å². The van der Waals surface area contributed by atoms with Gasteiger partial charge in [0.1, 0.15) is 0 Å². The minimum Gasteiger partial charge on any atom is -0.399 e. The van der Waals surface area contributed by atoms with Gasteiger partial charge in [-0.25, -0.2) is 0 Å². The molecule has 1 aromatic carbocycles. The number of nitrogen functional groups attached to an aromatic ring is 1. The van der Waals surface area contributed by atoms with Crippen molar-refractivity contribution in [2.45, 2.75) is 26.4 Å². The van der Waals surface area contributed by atoms with E-state index in [1.54, 1.807) is 13.8 Å². The zero-order valence-corrected chi connectivity index (χ0v) is 12.8. The van der Waals surface area contributed by atoms with Crippen LogP contribution in [-0.4, -0.2) is 19.4 Å². The average molecular weight is 325 g/mol. The molecule has 0 aliphatic heterocycles. The number of hydrogen-bond acceptors (Lipinski definition) is 4. The number of rotatable bonds is 7. The van der Waals surface area contributed by atoms with Crippen LogP contribution in [0.2, 0.25) is 0 Å². The van der Waals surface area contributed by atoms with E-state index in [-0.39, 0.29) is 37.0 Å². The number of nitrogens with two attached hydrogens (primary N) is 1. The maximum Gasteiger partial charge on any atom is 0.416 e. The fraction of sp³-hybridized carbons (Fsp3) is 0.538.